The number of nitrogens with one attached hydrogen (secondary N) is 3. The highest BCUT2D eigenvalue weighted by Crippen LogP contribution is 2.29. The molecule has 1 heterocycles. The van der Waals surface area contributed by atoms with E-state index in [0.717, 1.165) is 0 Å². The summed E-state index contributed by atoms with van der Waals surface area (Å²) in [6.07, 6.45) is 0. The van der Waals surface area contributed by atoms with Crippen molar-refractivity contribution >= 4 is 40.2 Å². The van der Waals surface area contributed by atoms with E-state index in [4.69, 9.17) is 16.3 Å². The van der Waals surface area contributed by atoms with Gasteiger partial charge in [0.2, 0.25) is 0 Å². The number of rotatable bonds is 6. The van der Waals surface area contributed by atoms with Gasteiger partial charge in [0.1, 0.15) is 5.75 Å². The molecular formula is C26H21ClN4O4. The maximum Gasteiger partial charge on any atom is 0.270 e. The number of pyridine rings is 1. The molecule has 35 heavy (non-hydrogen) atoms. The largest absolute Gasteiger partial charge is 0.496 e. The first kappa shape index (κ1) is 23.7. The number of hydrogen-bond acceptors (Lipinski definition) is 5. The molecule has 0 spiro atoms. The number of ether oxygens (including phenoxy) is 1. The van der Waals surface area contributed by atoms with Gasteiger partial charge in [0.05, 0.1) is 36.0 Å². The monoisotopic (exact) mass is 488 g/mol. The third kappa shape index (κ3) is 5.39. The Morgan fingerprint density at radius 3 is 2.37 bits per heavy atom. The Hall–Kier alpha value is -4.43. The number of hydrazine groups is 1. The zero-order valence-corrected chi connectivity index (χ0v) is 19.4. The molecule has 3 N–H and O–H groups in total. The maximum absolute atomic E-state index is 13.0. The number of nitrogens with zero attached hydrogens (tertiary/aromatic N) is 1. The van der Waals surface area contributed by atoms with Crippen molar-refractivity contribution in [3.05, 3.63) is 95.0 Å². The molecule has 0 aliphatic heterocycles. The van der Waals surface area contributed by atoms with Gasteiger partial charge < -0.3 is 10.1 Å². The Morgan fingerprint density at radius 1 is 0.857 bits per heavy atom. The smallest absolute Gasteiger partial charge is 0.270 e. The van der Waals surface area contributed by atoms with Gasteiger partial charge in [-0.3, -0.25) is 25.2 Å². The predicted octanol–water partition coefficient (Wildman–Crippen LogP) is 3.75. The number of para-hydroxylation sites is 2. The number of fused-ring (bicyclic) bond motifs is 1. The maximum atomic E-state index is 13.0. The van der Waals surface area contributed by atoms with Crippen LogP contribution in [-0.4, -0.2) is 36.4 Å². The summed E-state index contributed by atoms with van der Waals surface area (Å²) in [4.78, 5) is 42.2. The van der Waals surface area contributed by atoms with Crippen LogP contribution in [-0.2, 0) is 4.79 Å². The van der Waals surface area contributed by atoms with Crippen molar-refractivity contribution in [3.8, 4) is 17.0 Å². The highest BCUT2D eigenvalue weighted by Gasteiger charge is 2.17. The van der Waals surface area contributed by atoms with Crippen molar-refractivity contribution in [2.75, 3.05) is 13.7 Å². The van der Waals surface area contributed by atoms with E-state index in [9.17, 15) is 14.4 Å². The van der Waals surface area contributed by atoms with Gasteiger partial charge in [-0.2, -0.15) is 0 Å². The zero-order chi connectivity index (χ0) is 24.8. The van der Waals surface area contributed by atoms with Gasteiger partial charge in [-0.15, -0.1) is 0 Å². The van der Waals surface area contributed by atoms with E-state index >= 15 is 0 Å². The molecule has 3 aromatic carbocycles. The summed E-state index contributed by atoms with van der Waals surface area (Å²) in [6, 6.07) is 22.6. The lowest BCUT2D eigenvalue weighted by Crippen LogP contribution is -2.46. The molecule has 3 amide bonds. The first-order valence-corrected chi connectivity index (χ1v) is 11.0. The molecule has 0 atom stereocenters. The van der Waals surface area contributed by atoms with Crippen LogP contribution in [0.25, 0.3) is 22.2 Å². The van der Waals surface area contributed by atoms with Crippen LogP contribution in [0.2, 0.25) is 5.02 Å². The minimum atomic E-state index is -0.605. The third-order valence-corrected chi connectivity index (χ3v) is 5.52. The summed E-state index contributed by atoms with van der Waals surface area (Å²) in [7, 11) is 1.45. The number of benzene rings is 3. The number of methoxy groups -OCH3 is 1. The van der Waals surface area contributed by atoms with Gasteiger partial charge in [0.25, 0.3) is 17.7 Å². The highest BCUT2D eigenvalue weighted by atomic mass is 35.5. The molecule has 0 bridgehead atoms. The Balaban J connectivity index is 1.46. The van der Waals surface area contributed by atoms with Crippen LogP contribution in [0, 0.1) is 0 Å². The average Bonchev–Trinajstić information content (AvgIpc) is 2.89. The van der Waals surface area contributed by atoms with Crippen molar-refractivity contribution in [2.24, 2.45) is 0 Å². The first-order valence-electron chi connectivity index (χ1n) is 10.6. The van der Waals surface area contributed by atoms with Gasteiger partial charge in [0, 0.05) is 16.0 Å². The normalized spacial score (nSPS) is 10.5. The van der Waals surface area contributed by atoms with Gasteiger partial charge >= 0.3 is 0 Å². The quantitative estimate of drug-likeness (QED) is 0.358. The summed E-state index contributed by atoms with van der Waals surface area (Å²) < 4.78 is 5.15. The van der Waals surface area contributed by atoms with Crippen molar-refractivity contribution < 1.29 is 19.1 Å². The lowest BCUT2D eigenvalue weighted by molar-refractivity contribution is -0.120. The number of carbonyl (C=O) groups is 3. The van der Waals surface area contributed by atoms with Gasteiger partial charge in [0.15, 0.2) is 0 Å². The summed E-state index contributed by atoms with van der Waals surface area (Å²) >= 11 is 6.33. The van der Waals surface area contributed by atoms with Crippen LogP contribution in [0.15, 0.2) is 78.9 Å². The second-order valence-corrected chi connectivity index (χ2v) is 7.84. The molecule has 4 aromatic rings. The number of aromatic nitrogens is 1. The molecule has 176 valence electrons. The van der Waals surface area contributed by atoms with E-state index in [1.807, 2.05) is 24.3 Å². The molecule has 0 unspecified atom stereocenters. The molecule has 0 aliphatic carbocycles. The van der Waals surface area contributed by atoms with Crippen LogP contribution in [0.4, 0.5) is 0 Å². The number of carbonyl (C=O) groups excluding carboxylic acids is 3. The van der Waals surface area contributed by atoms with E-state index in [1.165, 1.54) is 7.11 Å². The van der Waals surface area contributed by atoms with Crippen LogP contribution < -0.4 is 20.9 Å². The lowest BCUT2D eigenvalue weighted by atomic mass is 10.0. The Bertz CT molecular complexity index is 1420. The summed E-state index contributed by atoms with van der Waals surface area (Å²) in [5, 5.41) is 3.61. The molecule has 0 saturated heterocycles. The molecule has 1 aromatic heterocycles. The number of amides is 3. The second-order valence-electron chi connectivity index (χ2n) is 7.44. The minimum Gasteiger partial charge on any atom is -0.496 e. The molecule has 0 fully saturated rings. The van der Waals surface area contributed by atoms with Crippen molar-refractivity contribution in [1.82, 2.24) is 21.2 Å². The topological polar surface area (TPSA) is 109 Å². The fourth-order valence-electron chi connectivity index (χ4n) is 3.50. The first-order chi connectivity index (χ1) is 17.0. The summed E-state index contributed by atoms with van der Waals surface area (Å²) in [5.41, 5.74) is 7.12. The Kier molecular flexibility index (Phi) is 7.23. The Labute approximate surface area is 206 Å². The van der Waals surface area contributed by atoms with Crippen molar-refractivity contribution in [3.63, 3.8) is 0 Å². The van der Waals surface area contributed by atoms with Crippen LogP contribution in [0.1, 0.15) is 20.7 Å². The third-order valence-electron chi connectivity index (χ3n) is 5.19. The SMILES string of the molecule is COc1ccccc1C(=O)NCC(=O)NNC(=O)c1cc(-c2ccccc2Cl)nc2ccccc12. The van der Waals surface area contributed by atoms with Crippen LogP contribution in [0.3, 0.4) is 0 Å². The fourth-order valence-corrected chi connectivity index (χ4v) is 3.73. The van der Waals surface area contributed by atoms with Crippen LogP contribution >= 0.6 is 11.6 Å². The molecule has 0 radical (unpaired) electrons. The van der Waals surface area contributed by atoms with Gasteiger partial charge in [-0.25, -0.2) is 4.98 Å². The Morgan fingerprint density at radius 2 is 1.57 bits per heavy atom. The van der Waals surface area contributed by atoms with Crippen molar-refractivity contribution in [1.29, 1.82) is 0 Å². The summed E-state index contributed by atoms with van der Waals surface area (Å²) in [5.74, 6) is -1.24. The molecular weight excluding hydrogens is 468 g/mol. The summed E-state index contributed by atoms with van der Waals surface area (Å²) in [6.45, 7) is -0.348. The molecule has 9 heteroatoms. The zero-order valence-electron chi connectivity index (χ0n) is 18.7. The molecule has 0 saturated carbocycles. The standard InChI is InChI=1S/C26H21ClN4O4/c1-35-23-13-7-4-10-18(23)25(33)28-15-24(32)30-31-26(34)19-14-22(17-9-2-5-11-20(17)27)29-21-12-6-3-8-16(19)21/h2-14H,15H2,1H3,(H,28,33)(H,30,32)(H,31,34). The van der Waals surface area contributed by atoms with E-state index < -0.39 is 17.7 Å². The fraction of sp³-hybridized carbons (Fsp3) is 0.0769. The van der Waals surface area contributed by atoms with Gasteiger partial charge in [-0.05, 0) is 30.3 Å². The van der Waals surface area contributed by atoms with E-state index in [0.29, 0.717) is 44.1 Å². The van der Waals surface area contributed by atoms with Gasteiger partial charge in [-0.1, -0.05) is 60.1 Å². The minimum absolute atomic E-state index is 0.294. The van der Waals surface area contributed by atoms with Crippen LogP contribution in [0.5, 0.6) is 5.75 Å². The highest BCUT2D eigenvalue weighted by molar-refractivity contribution is 6.33. The molecule has 8 nitrogen and oxygen atoms in total. The number of halogens is 1. The molecule has 0 aliphatic rings. The van der Waals surface area contributed by atoms with Crippen molar-refractivity contribution in [2.45, 2.75) is 0 Å². The second kappa shape index (κ2) is 10.7. The van der Waals surface area contributed by atoms with E-state index in [2.05, 4.69) is 21.2 Å². The van der Waals surface area contributed by atoms with E-state index in [1.54, 1.807) is 54.6 Å². The number of hydrogen-bond donors (Lipinski definition) is 3. The molecule has 4 rings (SSSR count). The lowest BCUT2D eigenvalue weighted by Gasteiger charge is -2.12. The predicted molar refractivity (Wildman–Crippen MR) is 133 cm³/mol. The average molecular weight is 489 g/mol. The van der Waals surface area contributed by atoms with E-state index in [-0.39, 0.29) is 6.54 Å².